The van der Waals surface area contributed by atoms with Crippen molar-refractivity contribution in [1.29, 1.82) is 0 Å². The molecule has 1 fully saturated rings. The average molecular weight is 481 g/mol. The van der Waals surface area contributed by atoms with Gasteiger partial charge in [-0.3, -0.25) is 14.2 Å². The third kappa shape index (κ3) is 6.31. The van der Waals surface area contributed by atoms with Gasteiger partial charge in [-0.05, 0) is 63.6 Å². The van der Waals surface area contributed by atoms with E-state index in [2.05, 4.69) is 24.3 Å². The van der Waals surface area contributed by atoms with Crippen LogP contribution < -0.4 is 15.8 Å². The monoisotopic (exact) mass is 480 g/mol. The fraction of sp³-hybridized carbons (Fsp3) is 0.600. The minimum Gasteiger partial charge on any atom is -0.407 e. The number of benzene rings is 1. The Kier molecular flexibility index (Phi) is 7.65. The molecule has 1 amide bonds. The first kappa shape index (κ1) is 26.1. The highest BCUT2D eigenvalue weighted by atomic mass is 19.4. The number of carbonyl (C=O) groups is 1. The van der Waals surface area contributed by atoms with E-state index in [-0.39, 0.29) is 17.2 Å². The van der Waals surface area contributed by atoms with Gasteiger partial charge in [0, 0.05) is 30.9 Å². The molecule has 0 atom stereocenters. The summed E-state index contributed by atoms with van der Waals surface area (Å²) < 4.78 is 44.1. The zero-order valence-corrected chi connectivity index (χ0v) is 20.8. The third-order valence-electron chi connectivity index (χ3n) is 6.00. The van der Waals surface area contributed by atoms with Gasteiger partial charge in [0.2, 0.25) is 0 Å². The van der Waals surface area contributed by atoms with Gasteiger partial charge in [0.1, 0.15) is 0 Å². The van der Waals surface area contributed by atoms with Crippen molar-refractivity contribution in [2.75, 3.05) is 0 Å². The Bertz CT molecular complexity index is 1090. The molecule has 1 heterocycles. The molecule has 1 aromatic carbocycles. The molecule has 0 saturated heterocycles. The van der Waals surface area contributed by atoms with Gasteiger partial charge in [0.15, 0.2) is 11.2 Å². The van der Waals surface area contributed by atoms with Crippen LogP contribution in [0.15, 0.2) is 29.3 Å². The topological polar surface area (TPSA) is 60.5 Å². The summed E-state index contributed by atoms with van der Waals surface area (Å²) in [5.41, 5.74) is 2.55. The second-order valence-electron chi connectivity index (χ2n) is 10.4. The molecular weight excluding hydrogens is 445 g/mol. The summed E-state index contributed by atoms with van der Waals surface area (Å²) in [7, 11) is 1.93. The molecular formula is C25H35F3N4O2. The van der Waals surface area contributed by atoms with Gasteiger partial charge in [-0.1, -0.05) is 26.7 Å². The van der Waals surface area contributed by atoms with Gasteiger partial charge < -0.3 is 4.84 Å². The van der Waals surface area contributed by atoms with Crippen LogP contribution in [0.4, 0.5) is 13.2 Å². The lowest BCUT2D eigenvalue weighted by Crippen LogP contribution is -2.38. The van der Waals surface area contributed by atoms with Crippen LogP contribution in [0.25, 0.3) is 0 Å². The molecule has 1 saturated carbocycles. The van der Waals surface area contributed by atoms with E-state index in [0.29, 0.717) is 18.0 Å². The molecule has 1 aromatic heterocycles. The van der Waals surface area contributed by atoms with Crippen LogP contribution in [0.2, 0.25) is 0 Å². The summed E-state index contributed by atoms with van der Waals surface area (Å²) in [6, 6.07) is 4.70. The normalized spacial score (nSPS) is 16.0. The molecule has 3 rings (SSSR count). The van der Waals surface area contributed by atoms with Gasteiger partial charge in [0.05, 0.1) is 11.1 Å². The predicted octanol–water partition coefficient (Wildman–Crippen LogP) is 5.58. The van der Waals surface area contributed by atoms with Gasteiger partial charge in [-0.2, -0.15) is 23.6 Å². The smallest absolute Gasteiger partial charge is 0.407 e. The van der Waals surface area contributed by atoms with Gasteiger partial charge in [-0.15, -0.1) is 0 Å². The maximum Gasteiger partial charge on any atom is 0.416 e. The molecule has 1 N–H and O–H groups in total. The van der Waals surface area contributed by atoms with E-state index in [1.165, 1.54) is 12.8 Å². The van der Waals surface area contributed by atoms with E-state index < -0.39 is 23.2 Å². The number of aromatic nitrogens is 2. The number of rotatable bonds is 6. The second kappa shape index (κ2) is 9.98. The highest BCUT2D eigenvalue weighted by molar-refractivity contribution is 5.97. The number of carbonyl (C=O) groups excluding carboxylic acids is 1. The lowest BCUT2D eigenvalue weighted by atomic mass is 10.1. The molecule has 188 valence electrons. The van der Waals surface area contributed by atoms with Crippen LogP contribution in [0.3, 0.4) is 0 Å². The minimum absolute atomic E-state index is 0.000896. The van der Waals surface area contributed by atoms with Crippen molar-refractivity contribution in [3.8, 4) is 5.75 Å². The van der Waals surface area contributed by atoms with E-state index in [0.717, 1.165) is 36.7 Å². The van der Waals surface area contributed by atoms with E-state index in [9.17, 15) is 18.0 Å². The van der Waals surface area contributed by atoms with Gasteiger partial charge >= 0.3 is 6.18 Å². The number of hydrogen-bond donors (Lipinski definition) is 1. The van der Waals surface area contributed by atoms with E-state index in [4.69, 9.17) is 4.84 Å². The fourth-order valence-corrected chi connectivity index (χ4v) is 4.21. The van der Waals surface area contributed by atoms with Crippen molar-refractivity contribution in [3.63, 3.8) is 0 Å². The molecule has 0 unspecified atom stereocenters. The maximum atomic E-state index is 13.4. The van der Waals surface area contributed by atoms with E-state index in [1.54, 1.807) is 0 Å². The SMILES string of the molecule is CC(C)c1cc(=NC(=O)c2cc(C(F)(F)F)ccc2ONC(C)(C)C)n(CC2CCCC2)n1C. The van der Waals surface area contributed by atoms with Crippen molar-refractivity contribution < 1.29 is 22.8 Å². The molecule has 1 aliphatic rings. The number of hydroxylamine groups is 1. The fourth-order valence-electron chi connectivity index (χ4n) is 4.21. The number of amides is 1. The van der Waals surface area contributed by atoms with Crippen LogP contribution >= 0.6 is 0 Å². The largest absolute Gasteiger partial charge is 0.416 e. The highest BCUT2D eigenvalue weighted by Crippen LogP contribution is 2.33. The lowest BCUT2D eigenvalue weighted by Gasteiger charge is -2.21. The zero-order chi connectivity index (χ0) is 25.3. The first-order valence-electron chi connectivity index (χ1n) is 11.8. The van der Waals surface area contributed by atoms with Crippen molar-refractivity contribution in [2.24, 2.45) is 18.0 Å². The first-order valence-corrected chi connectivity index (χ1v) is 11.8. The first-order chi connectivity index (χ1) is 15.8. The van der Waals surface area contributed by atoms with E-state index >= 15 is 0 Å². The van der Waals surface area contributed by atoms with Crippen molar-refractivity contribution in [3.05, 3.63) is 46.6 Å². The number of nitrogens with one attached hydrogen (secondary N) is 1. The Morgan fingerprint density at radius 3 is 2.38 bits per heavy atom. The number of hydrogen-bond acceptors (Lipinski definition) is 3. The summed E-state index contributed by atoms with van der Waals surface area (Å²) in [5.74, 6) is -0.0923. The summed E-state index contributed by atoms with van der Waals surface area (Å²) in [6.07, 6.45) is 0.0118. The van der Waals surface area contributed by atoms with Crippen molar-refractivity contribution >= 4 is 5.91 Å². The third-order valence-corrected chi connectivity index (χ3v) is 6.00. The second-order valence-corrected chi connectivity index (χ2v) is 10.4. The van der Waals surface area contributed by atoms with Crippen molar-refractivity contribution in [1.82, 2.24) is 14.8 Å². The molecule has 1 aliphatic carbocycles. The highest BCUT2D eigenvalue weighted by Gasteiger charge is 2.32. The number of halogens is 3. The molecule has 0 aliphatic heterocycles. The van der Waals surface area contributed by atoms with Crippen LogP contribution in [-0.4, -0.2) is 20.8 Å². The average Bonchev–Trinajstić information content (AvgIpc) is 3.34. The Labute approximate surface area is 198 Å². The Morgan fingerprint density at radius 1 is 1.18 bits per heavy atom. The van der Waals surface area contributed by atoms with Crippen LogP contribution in [0.5, 0.6) is 5.75 Å². The van der Waals surface area contributed by atoms with Crippen LogP contribution in [0.1, 0.15) is 87.8 Å². The molecule has 34 heavy (non-hydrogen) atoms. The van der Waals surface area contributed by atoms with Crippen LogP contribution in [0, 0.1) is 5.92 Å². The standard InChI is InChI=1S/C25H35F3N4O2/c1-16(2)20-14-22(32(31(20)6)15-17-9-7-8-10-17)29-23(33)19-13-18(25(26,27)28)11-12-21(19)34-30-24(3,4)5/h11-14,16-17,30H,7-10,15H2,1-6H3. The lowest BCUT2D eigenvalue weighted by molar-refractivity contribution is -0.137. The summed E-state index contributed by atoms with van der Waals surface area (Å²) in [6.45, 7) is 10.3. The number of nitrogens with zero attached hydrogens (tertiary/aromatic N) is 3. The molecule has 6 nitrogen and oxygen atoms in total. The Morgan fingerprint density at radius 2 is 1.82 bits per heavy atom. The molecule has 9 heteroatoms. The maximum absolute atomic E-state index is 13.4. The van der Waals surface area contributed by atoms with E-state index in [1.807, 2.05) is 43.2 Å². The Balaban J connectivity index is 2.07. The quantitative estimate of drug-likeness (QED) is 0.549. The molecule has 0 radical (unpaired) electrons. The molecule has 0 bridgehead atoms. The van der Waals surface area contributed by atoms with Crippen molar-refractivity contribution in [2.45, 2.75) is 84.5 Å². The zero-order valence-electron chi connectivity index (χ0n) is 20.8. The van der Waals surface area contributed by atoms with Crippen LogP contribution in [-0.2, 0) is 19.8 Å². The Hall–Kier alpha value is -2.55. The number of alkyl halides is 3. The summed E-state index contributed by atoms with van der Waals surface area (Å²) >= 11 is 0. The summed E-state index contributed by atoms with van der Waals surface area (Å²) in [5, 5.41) is 0. The molecule has 2 aromatic rings. The van der Waals surface area contributed by atoms with Gasteiger partial charge in [-0.25, -0.2) is 0 Å². The van der Waals surface area contributed by atoms with Gasteiger partial charge in [0.25, 0.3) is 5.91 Å². The minimum atomic E-state index is -4.59. The molecule has 0 spiro atoms. The summed E-state index contributed by atoms with van der Waals surface area (Å²) in [4.78, 5) is 23.1. The predicted molar refractivity (Wildman–Crippen MR) is 124 cm³/mol.